The first-order chi connectivity index (χ1) is 15.3. The summed E-state index contributed by atoms with van der Waals surface area (Å²) in [6.45, 7) is 1.47. The molecule has 0 radical (unpaired) electrons. The van der Waals surface area contributed by atoms with Gasteiger partial charge in [0.1, 0.15) is 13.2 Å². The summed E-state index contributed by atoms with van der Waals surface area (Å²) in [5, 5.41) is 5.02. The van der Waals surface area contributed by atoms with Gasteiger partial charge >= 0.3 is 0 Å². The number of aromatic nitrogens is 6. The summed E-state index contributed by atoms with van der Waals surface area (Å²) in [6, 6.07) is 11.2. The van der Waals surface area contributed by atoms with Gasteiger partial charge in [-0.05, 0) is 35.9 Å². The summed E-state index contributed by atoms with van der Waals surface area (Å²) in [6.07, 6.45) is 6.68. The molecule has 4 aromatic heterocycles. The second-order valence-corrected chi connectivity index (χ2v) is 7.17. The zero-order valence-electron chi connectivity index (χ0n) is 16.3. The van der Waals surface area contributed by atoms with Gasteiger partial charge in [-0.1, -0.05) is 6.07 Å². The molecular formula is C22H16N6O3. The molecule has 0 bridgehead atoms. The predicted octanol–water partition coefficient (Wildman–Crippen LogP) is 2.32. The number of ether oxygens (including phenoxy) is 2. The number of benzene rings is 1. The molecule has 0 fully saturated rings. The van der Waals surface area contributed by atoms with E-state index in [1.807, 2.05) is 36.4 Å². The lowest BCUT2D eigenvalue weighted by molar-refractivity contribution is 0.171. The standard InChI is InChI=1S/C22H16N6O3/c29-21-16-12-24-22-25-20(15-3-6-23-7-4-15)26-28(22)17(16)5-8-27(21)13-14-1-2-18-19(11-14)31-10-9-30-18/h1-8,11-12H,9-10,13H2. The Morgan fingerprint density at radius 1 is 1.00 bits per heavy atom. The minimum Gasteiger partial charge on any atom is -0.486 e. The van der Waals surface area contributed by atoms with E-state index < -0.39 is 0 Å². The van der Waals surface area contributed by atoms with Crippen LogP contribution < -0.4 is 15.0 Å². The Morgan fingerprint density at radius 2 is 1.84 bits per heavy atom. The van der Waals surface area contributed by atoms with Crippen molar-refractivity contribution in [2.24, 2.45) is 0 Å². The summed E-state index contributed by atoms with van der Waals surface area (Å²) in [5.41, 5.74) is 2.28. The van der Waals surface area contributed by atoms with E-state index in [0.717, 1.165) is 16.9 Å². The Balaban J connectivity index is 1.41. The van der Waals surface area contributed by atoms with Crippen LogP contribution in [0, 0.1) is 0 Å². The Kier molecular flexibility index (Phi) is 3.92. The lowest BCUT2D eigenvalue weighted by atomic mass is 10.2. The van der Waals surface area contributed by atoms with E-state index in [1.165, 1.54) is 0 Å². The topological polar surface area (TPSA) is 96.4 Å². The highest BCUT2D eigenvalue weighted by Crippen LogP contribution is 2.31. The Morgan fingerprint density at radius 3 is 2.71 bits per heavy atom. The van der Waals surface area contributed by atoms with Crippen molar-refractivity contribution in [2.45, 2.75) is 6.54 Å². The first kappa shape index (κ1) is 17.6. The van der Waals surface area contributed by atoms with Crippen LogP contribution >= 0.6 is 0 Å². The summed E-state index contributed by atoms with van der Waals surface area (Å²) in [4.78, 5) is 26.0. The first-order valence-electron chi connectivity index (χ1n) is 9.80. The van der Waals surface area contributed by atoms with Gasteiger partial charge in [0.2, 0.25) is 0 Å². The number of hydrogen-bond acceptors (Lipinski definition) is 7. The summed E-state index contributed by atoms with van der Waals surface area (Å²) in [7, 11) is 0. The van der Waals surface area contributed by atoms with E-state index in [9.17, 15) is 4.79 Å². The number of nitrogens with zero attached hydrogens (tertiary/aromatic N) is 6. The van der Waals surface area contributed by atoms with E-state index >= 15 is 0 Å². The maximum Gasteiger partial charge on any atom is 0.261 e. The van der Waals surface area contributed by atoms with E-state index in [4.69, 9.17) is 9.47 Å². The average Bonchev–Trinajstić information content (AvgIpc) is 3.26. The van der Waals surface area contributed by atoms with Crippen molar-refractivity contribution in [1.29, 1.82) is 0 Å². The predicted molar refractivity (Wildman–Crippen MR) is 112 cm³/mol. The lowest BCUT2D eigenvalue weighted by Gasteiger charge is -2.19. The second-order valence-electron chi connectivity index (χ2n) is 7.17. The number of hydrogen-bond donors (Lipinski definition) is 0. The molecule has 0 spiro atoms. The number of rotatable bonds is 3. The van der Waals surface area contributed by atoms with Gasteiger partial charge in [0.25, 0.3) is 11.3 Å². The molecule has 1 aliphatic rings. The molecule has 0 unspecified atom stereocenters. The quantitative estimate of drug-likeness (QED) is 0.449. The molecule has 31 heavy (non-hydrogen) atoms. The molecule has 0 atom stereocenters. The van der Waals surface area contributed by atoms with Crippen molar-refractivity contribution in [3.8, 4) is 22.9 Å². The fraction of sp³-hybridized carbons (Fsp3) is 0.136. The molecule has 0 N–H and O–H groups in total. The van der Waals surface area contributed by atoms with Gasteiger partial charge in [-0.3, -0.25) is 9.78 Å². The SMILES string of the molecule is O=c1c2cnc3nc(-c4ccncc4)nn3c2ccn1Cc1ccc2c(c1)OCCO2. The molecule has 0 amide bonds. The normalized spacial score (nSPS) is 13.0. The van der Waals surface area contributed by atoms with Gasteiger partial charge in [-0.15, -0.1) is 5.10 Å². The minimum absolute atomic E-state index is 0.150. The number of pyridine rings is 2. The summed E-state index contributed by atoms with van der Waals surface area (Å²) < 4.78 is 14.4. The number of fused-ring (bicyclic) bond motifs is 4. The van der Waals surface area contributed by atoms with Crippen LogP contribution in [0.3, 0.4) is 0 Å². The van der Waals surface area contributed by atoms with Gasteiger partial charge in [-0.25, -0.2) is 4.98 Å². The van der Waals surface area contributed by atoms with Gasteiger partial charge in [0.15, 0.2) is 17.3 Å². The highest BCUT2D eigenvalue weighted by molar-refractivity contribution is 5.79. The Bertz CT molecular complexity index is 1490. The smallest absolute Gasteiger partial charge is 0.261 e. The molecule has 0 saturated carbocycles. The largest absolute Gasteiger partial charge is 0.486 e. The van der Waals surface area contributed by atoms with Crippen molar-refractivity contribution < 1.29 is 9.47 Å². The van der Waals surface area contributed by atoms with E-state index in [0.29, 0.717) is 48.0 Å². The summed E-state index contributed by atoms with van der Waals surface area (Å²) in [5.74, 6) is 2.39. The van der Waals surface area contributed by atoms with Crippen LogP contribution in [0.5, 0.6) is 11.5 Å². The Labute approximate surface area is 175 Å². The van der Waals surface area contributed by atoms with Crippen molar-refractivity contribution >= 4 is 16.7 Å². The van der Waals surface area contributed by atoms with Crippen molar-refractivity contribution in [3.05, 3.63) is 77.1 Å². The molecule has 5 heterocycles. The molecule has 152 valence electrons. The first-order valence-corrected chi connectivity index (χ1v) is 9.80. The molecule has 0 saturated heterocycles. The van der Waals surface area contributed by atoms with Crippen LogP contribution in [0.2, 0.25) is 0 Å². The van der Waals surface area contributed by atoms with Gasteiger partial charge < -0.3 is 14.0 Å². The maximum atomic E-state index is 13.1. The molecule has 5 aromatic rings. The van der Waals surface area contributed by atoms with Crippen LogP contribution in [0.1, 0.15) is 5.56 Å². The highest BCUT2D eigenvalue weighted by Gasteiger charge is 2.14. The van der Waals surface area contributed by atoms with Crippen molar-refractivity contribution in [2.75, 3.05) is 13.2 Å². The van der Waals surface area contributed by atoms with Crippen LogP contribution in [0.4, 0.5) is 0 Å². The monoisotopic (exact) mass is 412 g/mol. The fourth-order valence-corrected chi connectivity index (χ4v) is 3.69. The molecule has 0 aliphatic carbocycles. The van der Waals surface area contributed by atoms with Crippen LogP contribution in [0.25, 0.3) is 28.1 Å². The fourth-order valence-electron chi connectivity index (χ4n) is 3.69. The molecule has 1 aromatic carbocycles. The van der Waals surface area contributed by atoms with Gasteiger partial charge in [0.05, 0.1) is 17.4 Å². The minimum atomic E-state index is -0.150. The van der Waals surface area contributed by atoms with E-state index in [-0.39, 0.29) is 5.56 Å². The van der Waals surface area contributed by atoms with Crippen LogP contribution in [-0.2, 0) is 6.54 Å². The van der Waals surface area contributed by atoms with Gasteiger partial charge in [0, 0.05) is 30.4 Å². The van der Waals surface area contributed by atoms with Crippen molar-refractivity contribution in [3.63, 3.8) is 0 Å². The van der Waals surface area contributed by atoms with Gasteiger partial charge in [-0.2, -0.15) is 9.50 Å². The molecule has 6 rings (SSSR count). The maximum absolute atomic E-state index is 13.1. The molecule has 9 heteroatoms. The van der Waals surface area contributed by atoms with Crippen LogP contribution in [-0.4, -0.2) is 42.3 Å². The molecule has 9 nitrogen and oxygen atoms in total. The van der Waals surface area contributed by atoms with E-state index in [1.54, 1.807) is 33.9 Å². The zero-order valence-corrected chi connectivity index (χ0v) is 16.3. The van der Waals surface area contributed by atoms with E-state index in [2.05, 4.69) is 20.1 Å². The highest BCUT2D eigenvalue weighted by atomic mass is 16.6. The third-order valence-corrected chi connectivity index (χ3v) is 5.20. The zero-order chi connectivity index (χ0) is 20.8. The summed E-state index contributed by atoms with van der Waals surface area (Å²) >= 11 is 0. The van der Waals surface area contributed by atoms with Crippen molar-refractivity contribution in [1.82, 2.24) is 29.1 Å². The average molecular weight is 412 g/mol. The third-order valence-electron chi connectivity index (χ3n) is 5.20. The second kappa shape index (κ2) is 6.91. The molecular weight excluding hydrogens is 396 g/mol. The lowest BCUT2D eigenvalue weighted by Crippen LogP contribution is -2.21. The Hall–Kier alpha value is -4.27. The third kappa shape index (κ3) is 2.98. The molecule has 1 aliphatic heterocycles. The van der Waals surface area contributed by atoms with Crippen LogP contribution in [0.15, 0.2) is 66.0 Å².